The van der Waals surface area contributed by atoms with E-state index in [2.05, 4.69) is 11.9 Å². The van der Waals surface area contributed by atoms with Gasteiger partial charge in [-0.25, -0.2) is 0 Å². The van der Waals surface area contributed by atoms with E-state index in [-0.39, 0.29) is 17.2 Å². The van der Waals surface area contributed by atoms with Gasteiger partial charge in [-0.1, -0.05) is 48.5 Å². The summed E-state index contributed by atoms with van der Waals surface area (Å²) < 4.78 is 6.16. The van der Waals surface area contributed by atoms with Gasteiger partial charge in [0.15, 0.2) is 0 Å². The highest BCUT2D eigenvalue weighted by Crippen LogP contribution is 2.37. The Morgan fingerprint density at radius 2 is 1.47 bits per heavy atom. The molecule has 2 aromatic rings. The number of ether oxygens (including phenoxy) is 1. The third kappa shape index (κ3) is 6.48. The summed E-state index contributed by atoms with van der Waals surface area (Å²) in [7, 11) is 2.09. The molecule has 2 aromatic carbocycles. The van der Waals surface area contributed by atoms with E-state index in [1.165, 1.54) is 0 Å². The molecule has 34 heavy (non-hydrogen) atoms. The lowest BCUT2D eigenvalue weighted by molar-refractivity contribution is -0.138. The quantitative estimate of drug-likeness (QED) is 0.592. The van der Waals surface area contributed by atoms with Gasteiger partial charge in [0.2, 0.25) is 11.8 Å². The Kier molecular flexibility index (Phi) is 8.01. The van der Waals surface area contributed by atoms with Crippen molar-refractivity contribution in [3.05, 3.63) is 72.3 Å². The normalized spacial score (nSPS) is 18.7. The summed E-state index contributed by atoms with van der Waals surface area (Å²) in [5.74, 6) is 1.04. The van der Waals surface area contributed by atoms with Crippen molar-refractivity contribution >= 4 is 17.9 Å². The first-order valence-electron chi connectivity index (χ1n) is 12.2. The molecule has 2 aliphatic heterocycles. The molecule has 6 nitrogen and oxygen atoms in total. The fourth-order valence-electron chi connectivity index (χ4n) is 4.65. The van der Waals surface area contributed by atoms with Gasteiger partial charge in [-0.15, -0.1) is 0 Å². The molecule has 2 saturated heterocycles. The van der Waals surface area contributed by atoms with Crippen molar-refractivity contribution in [2.45, 2.75) is 19.3 Å². The highest BCUT2D eigenvalue weighted by molar-refractivity contribution is 5.91. The molecule has 0 unspecified atom stereocenters. The maximum atomic E-state index is 13.2. The van der Waals surface area contributed by atoms with Crippen LogP contribution in [0.2, 0.25) is 0 Å². The fourth-order valence-corrected chi connectivity index (χ4v) is 4.65. The van der Waals surface area contributed by atoms with Crippen LogP contribution in [0.15, 0.2) is 66.7 Å². The van der Waals surface area contributed by atoms with Crippen LogP contribution in [0.1, 0.15) is 24.8 Å². The van der Waals surface area contributed by atoms with Crippen molar-refractivity contribution < 1.29 is 14.3 Å². The highest BCUT2D eigenvalue weighted by Gasteiger charge is 2.39. The Bertz CT molecular complexity index is 961. The van der Waals surface area contributed by atoms with Crippen LogP contribution in [0.3, 0.4) is 0 Å². The maximum absolute atomic E-state index is 13.2. The Labute approximate surface area is 202 Å². The van der Waals surface area contributed by atoms with Gasteiger partial charge in [-0.3, -0.25) is 9.59 Å². The molecule has 0 saturated carbocycles. The number of carbonyl (C=O) groups excluding carboxylic acids is 2. The van der Waals surface area contributed by atoms with Gasteiger partial charge in [0.05, 0.1) is 6.61 Å². The number of rotatable bonds is 7. The van der Waals surface area contributed by atoms with Crippen LogP contribution in [-0.2, 0) is 9.59 Å². The van der Waals surface area contributed by atoms with Crippen molar-refractivity contribution in [2.75, 3.05) is 52.9 Å². The Hall–Kier alpha value is -3.12. The third-order valence-electron chi connectivity index (χ3n) is 7.02. The summed E-state index contributed by atoms with van der Waals surface area (Å²) in [4.78, 5) is 32.1. The van der Waals surface area contributed by atoms with E-state index in [1.54, 1.807) is 6.08 Å². The first-order valence-corrected chi connectivity index (χ1v) is 12.2. The van der Waals surface area contributed by atoms with E-state index in [4.69, 9.17) is 4.74 Å². The SMILES string of the molecule is CN1CCN(C(=O)CC2(COc3ccccc3)CCN(C(=O)C=Cc3ccccc3)CC2)CC1. The van der Waals surface area contributed by atoms with E-state index in [0.717, 1.165) is 50.3 Å². The molecular weight excluding hydrogens is 426 g/mol. The monoisotopic (exact) mass is 461 g/mol. The first kappa shape index (κ1) is 24.0. The van der Waals surface area contributed by atoms with Crippen LogP contribution in [0, 0.1) is 5.41 Å². The molecule has 0 aliphatic carbocycles. The highest BCUT2D eigenvalue weighted by atomic mass is 16.5. The van der Waals surface area contributed by atoms with E-state index in [9.17, 15) is 9.59 Å². The van der Waals surface area contributed by atoms with E-state index in [0.29, 0.717) is 26.1 Å². The number of nitrogens with zero attached hydrogens (tertiary/aromatic N) is 3. The Morgan fingerprint density at radius 1 is 0.853 bits per heavy atom. The maximum Gasteiger partial charge on any atom is 0.246 e. The lowest BCUT2D eigenvalue weighted by Gasteiger charge is -2.42. The lowest BCUT2D eigenvalue weighted by Crippen LogP contribution is -2.51. The average Bonchev–Trinajstić information content (AvgIpc) is 2.88. The number of likely N-dealkylation sites (tertiary alicyclic amines) is 1. The number of piperazine rings is 1. The summed E-state index contributed by atoms with van der Waals surface area (Å²) in [5.41, 5.74) is 0.743. The summed E-state index contributed by atoms with van der Waals surface area (Å²) in [6.45, 7) is 5.13. The molecule has 2 amide bonds. The van der Waals surface area contributed by atoms with Crippen molar-refractivity contribution in [1.82, 2.24) is 14.7 Å². The molecule has 0 N–H and O–H groups in total. The molecule has 0 atom stereocenters. The molecule has 0 spiro atoms. The van der Waals surface area contributed by atoms with Crippen molar-refractivity contribution in [3.63, 3.8) is 0 Å². The molecule has 2 heterocycles. The third-order valence-corrected chi connectivity index (χ3v) is 7.02. The van der Waals surface area contributed by atoms with Crippen LogP contribution in [-0.4, -0.2) is 79.4 Å². The molecule has 2 fully saturated rings. The first-order chi connectivity index (χ1) is 16.5. The molecule has 0 radical (unpaired) electrons. The largest absolute Gasteiger partial charge is 0.493 e. The number of likely N-dealkylation sites (N-methyl/N-ethyl adjacent to an activating group) is 1. The molecule has 4 rings (SSSR count). The predicted molar refractivity (Wildman–Crippen MR) is 134 cm³/mol. The van der Waals surface area contributed by atoms with Crippen molar-refractivity contribution in [2.24, 2.45) is 5.41 Å². The topological polar surface area (TPSA) is 53.1 Å². The Balaban J connectivity index is 1.39. The van der Waals surface area contributed by atoms with Gasteiger partial charge in [-0.05, 0) is 43.7 Å². The van der Waals surface area contributed by atoms with Crippen molar-refractivity contribution in [3.8, 4) is 5.75 Å². The molecule has 6 heteroatoms. The average molecular weight is 462 g/mol. The Morgan fingerprint density at radius 3 is 2.12 bits per heavy atom. The fraction of sp³-hybridized carbons (Fsp3) is 0.429. The van der Waals surface area contributed by atoms with Gasteiger partial charge in [0.25, 0.3) is 0 Å². The number of amides is 2. The number of hydrogen-bond acceptors (Lipinski definition) is 4. The minimum Gasteiger partial charge on any atom is -0.493 e. The van der Waals surface area contributed by atoms with Crippen LogP contribution < -0.4 is 4.74 Å². The molecular formula is C28H35N3O3. The second kappa shape index (κ2) is 11.3. The molecule has 180 valence electrons. The van der Waals surface area contributed by atoms with E-state index in [1.807, 2.05) is 76.5 Å². The second-order valence-corrected chi connectivity index (χ2v) is 9.53. The van der Waals surface area contributed by atoms with Gasteiger partial charge >= 0.3 is 0 Å². The number of hydrogen-bond donors (Lipinski definition) is 0. The van der Waals surface area contributed by atoms with Gasteiger partial charge in [-0.2, -0.15) is 0 Å². The van der Waals surface area contributed by atoms with Gasteiger partial charge in [0.1, 0.15) is 5.75 Å². The smallest absolute Gasteiger partial charge is 0.246 e. The summed E-state index contributed by atoms with van der Waals surface area (Å²) in [6, 6.07) is 19.6. The zero-order valence-corrected chi connectivity index (χ0v) is 20.1. The van der Waals surface area contributed by atoms with E-state index >= 15 is 0 Å². The number of benzene rings is 2. The number of piperidine rings is 1. The van der Waals surface area contributed by atoms with Gasteiger partial charge in [0, 0.05) is 57.2 Å². The van der Waals surface area contributed by atoms with Crippen LogP contribution in [0.25, 0.3) is 6.08 Å². The summed E-state index contributed by atoms with van der Waals surface area (Å²) in [5, 5.41) is 0. The number of carbonyl (C=O) groups is 2. The number of para-hydroxylation sites is 1. The minimum absolute atomic E-state index is 0.0202. The minimum atomic E-state index is -0.268. The summed E-state index contributed by atoms with van der Waals surface area (Å²) >= 11 is 0. The molecule has 2 aliphatic rings. The standard InChI is InChI=1S/C28H35N3O3/c1-29-18-20-31(21-19-29)27(33)22-28(23-34-25-10-6-3-7-11-25)14-16-30(17-15-28)26(32)13-12-24-8-4-2-5-9-24/h2-13H,14-23H2,1H3. The predicted octanol–water partition coefficient (Wildman–Crippen LogP) is 3.55. The zero-order chi connectivity index (χ0) is 23.8. The zero-order valence-electron chi connectivity index (χ0n) is 20.1. The van der Waals surface area contributed by atoms with Gasteiger partial charge < -0.3 is 19.4 Å². The van der Waals surface area contributed by atoms with Crippen LogP contribution in [0.4, 0.5) is 0 Å². The summed E-state index contributed by atoms with van der Waals surface area (Å²) in [6.07, 6.45) is 5.48. The van der Waals surface area contributed by atoms with E-state index < -0.39 is 0 Å². The molecule has 0 bridgehead atoms. The lowest BCUT2D eigenvalue weighted by atomic mass is 9.75. The van der Waals surface area contributed by atoms with Crippen LogP contribution in [0.5, 0.6) is 5.75 Å². The van der Waals surface area contributed by atoms with Crippen molar-refractivity contribution in [1.29, 1.82) is 0 Å². The molecule has 0 aromatic heterocycles. The second-order valence-electron chi connectivity index (χ2n) is 9.53. The van der Waals surface area contributed by atoms with Crippen LogP contribution >= 0.6 is 0 Å².